The third-order valence-electron chi connectivity index (χ3n) is 4.21. The standard InChI is InChI=1S/C16H20N6O4/c1-12-15(16(23)17-5-6-20-7-9-26-10-8-20)18-19-21(12)13-3-2-4-14(11-13)22(24)25/h2-4,11H,5-10H2,1H3,(H,17,23). The Bertz CT molecular complexity index is 800. The molecule has 0 bridgehead atoms. The fraction of sp³-hybridized carbons (Fsp3) is 0.438. The van der Waals surface area contributed by atoms with Crippen LogP contribution in [-0.2, 0) is 4.74 Å². The molecular weight excluding hydrogens is 340 g/mol. The van der Waals surface area contributed by atoms with Crippen molar-refractivity contribution in [3.63, 3.8) is 0 Å². The Morgan fingerprint density at radius 2 is 2.15 bits per heavy atom. The maximum atomic E-state index is 12.3. The average Bonchev–Trinajstić information content (AvgIpc) is 3.04. The van der Waals surface area contributed by atoms with Crippen molar-refractivity contribution in [3.8, 4) is 5.69 Å². The van der Waals surface area contributed by atoms with Gasteiger partial charge in [-0.05, 0) is 13.0 Å². The minimum atomic E-state index is -0.477. The number of nitro groups is 1. The maximum Gasteiger partial charge on any atom is 0.273 e. The normalized spacial score (nSPS) is 15.0. The topological polar surface area (TPSA) is 115 Å². The van der Waals surface area contributed by atoms with E-state index in [2.05, 4.69) is 20.5 Å². The molecule has 1 aromatic carbocycles. The number of amides is 1. The zero-order chi connectivity index (χ0) is 18.5. The summed E-state index contributed by atoms with van der Waals surface area (Å²) in [5, 5.41) is 21.6. The first-order valence-electron chi connectivity index (χ1n) is 8.31. The van der Waals surface area contributed by atoms with Crippen molar-refractivity contribution < 1.29 is 14.5 Å². The molecule has 0 atom stereocenters. The highest BCUT2D eigenvalue weighted by Gasteiger charge is 2.19. The highest BCUT2D eigenvalue weighted by atomic mass is 16.6. The van der Waals surface area contributed by atoms with Gasteiger partial charge in [-0.15, -0.1) is 5.10 Å². The lowest BCUT2D eigenvalue weighted by atomic mass is 10.2. The highest BCUT2D eigenvalue weighted by Crippen LogP contribution is 2.18. The fourth-order valence-corrected chi connectivity index (χ4v) is 2.76. The second kappa shape index (κ2) is 8.02. The summed E-state index contributed by atoms with van der Waals surface area (Å²) in [6.07, 6.45) is 0. The Labute approximate surface area is 149 Å². The number of nitrogens with zero attached hydrogens (tertiary/aromatic N) is 5. The number of nitro benzene ring substituents is 1. The molecule has 1 saturated heterocycles. The quantitative estimate of drug-likeness (QED) is 0.590. The van der Waals surface area contributed by atoms with Gasteiger partial charge >= 0.3 is 0 Å². The number of nitrogens with one attached hydrogen (secondary N) is 1. The molecule has 0 unspecified atom stereocenters. The smallest absolute Gasteiger partial charge is 0.273 e. The molecule has 2 aromatic rings. The number of non-ortho nitro benzene ring substituents is 1. The molecule has 26 heavy (non-hydrogen) atoms. The first-order chi connectivity index (χ1) is 12.6. The molecule has 10 nitrogen and oxygen atoms in total. The maximum absolute atomic E-state index is 12.3. The van der Waals surface area contributed by atoms with Crippen LogP contribution in [0.3, 0.4) is 0 Å². The van der Waals surface area contributed by atoms with Crippen LogP contribution in [0.5, 0.6) is 0 Å². The number of benzene rings is 1. The Kier molecular flexibility index (Phi) is 5.54. The van der Waals surface area contributed by atoms with E-state index in [4.69, 9.17) is 4.74 Å². The van der Waals surface area contributed by atoms with Crippen LogP contribution in [0.2, 0.25) is 0 Å². The molecule has 1 aliphatic heterocycles. The van der Waals surface area contributed by atoms with Gasteiger partial charge in [-0.1, -0.05) is 11.3 Å². The van der Waals surface area contributed by atoms with Crippen molar-refractivity contribution in [2.75, 3.05) is 39.4 Å². The second-order valence-electron chi connectivity index (χ2n) is 5.92. The summed E-state index contributed by atoms with van der Waals surface area (Å²) in [6, 6.07) is 6.03. The Morgan fingerprint density at radius 3 is 2.88 bits per heavy atom. The zero-order valence-corrected chi connectivity index (χ0v) is 14.4. The molecular formula is C16H20N6O4. The Balaban J connectivity index is 1.65. The summed E-state index contributed by atoms with van der Waals surface area (Å²) in [6.45, 7) is 6.09. The predicted molar refractivity (Wildman–Crippen MR) is 92.3 cm³/mol. The summed E-state index contributed by atoms with van der Waals surface area (Å²) in [4.78, 5) is 25.0. The summed E-state index contributed by atoms with van der Waals surface area (Å²) in [5.41, 5.74) is 1.17. The van der Waals surface area contributed by atoms with Crippen molar-refractivity contribution in [2.45, 2.75) is 6.92 Å². The molecule has 1 aromatic heterocycles. The average molecular weight is 360 g/mol. The summed E-state index contributed by atoms with van der Waals surface area (Å²) in [7, 11) is 0. The van der Waals surface area contributed by atoms with Crippen molar-refractivity contribution in [1.29, 1.82) is 0 Å². The molecule has 1 amide bonds. The first kappa shape index (κ1) is 18.0. The number of carbonyl (C=O) groups excluding carboxylic acids is 1. The van der Waals surface area contributed by atoms with E-state index in [0.717, 1.165) is 19.6 Å². The molecule has 10 heteroatoms. The van der Waals surface area contributed by atoms with Gasteiger partial charge in [-0.3, -0.25) is 19.8 Å². The number of hydrogen-bond acceptors (Lipinski definition) is 7. The highest BCUT2D eigenvalue weighted by molar-refractivity contribution is 5.93. The monoisotopic (exact) mass is 360 g/mol. The van der Waals surface area contributed by atoms with Crippen LogP contribution in [0.4, 0.5) is 5.69 Å². The number of carbonyl (C=O) groups is 1. The van der Waals surface area contributed by atoms with Gasteiger partial charge in [0.25, 0.3) is 11.6 Å². The summed E-state index contributed by atoms with van der Waals surface area (Å²) < 4.78 is 6.71. The lowest BCUT2D eigenvalue weighted by Crippen LogP contribution is -2.41. The number of hydrogen-bond donors (Lipinski definition) is 1. The van der Waals surface area contributed by atoms with Gasteiger partial charge in [-0.25, -0.2) is 4.68 Å². The zero-order valence-electron chi connectivity index (χ0n) is 14.4. The number of aromatic nitrogens is 3. The molecule has 1 N–H and O–H groups in total. The molecule has 2 heterocycles. The molecule has 0 saturated carbocycles. The first-order valence-corrected chi connectivity index (χ1v) is 8.31. The molecule has 3 rings (SSSR count). The van der Waals surface area contributed by atoms with E-state index in [1.807, 2.05) is 0 Å². The van der Waals surface area contributed by atoms with Gasteiger partial charge in [0, 0.05) is 38.3 Å². The van der Waals surface area contributed by atoms with E-state index < -0.39 is 4.92 Å². The Hall–Kier alpha value is -2.85. The molecule has 1 fully saturated rings. The van der Waals surface area contributed by atoms with Crippen molar-refractivity contribution in [1.82, 2.24) is 25.2 Å². The lowest BCUT2D eigenvalue weighted by Gasteiger charge is -2.26. The Morgan fingerprint density at radius 1 is 1.38 bits per heavy atom. The summed E-state index contributed by atoms with van der Waals surface area (Å²) in [5.74, 6) is -0.313. The lowest BCUT2D eigenvalue weighted by molar-refractivity contribution is -0.384. The van der Waals surface area contributed by atoms with Crippen LogP contribution in [0.1, 0.15) is 16.2 Å². The van der Waals surface area contributed by atoms with E-state index in [1.165, 1.54) is 16.8 Å². The van der Waals surface area contributed by atoms with Gasteiger partial charge in [0.15, 0.2) is 5.69 Å². The van der Waals surface area contributed by atoms with Crippen LogP contribution in [0.25, 0.3) is 5.69 Å². The van der Waals surface area contributed by atoms with E-state index in [0.29, 0.717) is 31.1 Å². The van der Waals surface area contributed by atoms with Crippen LogP contribution in [0.15, 0.2) is 24.3 Å². The SMILES string of the molecule is Cc1c(C(=O)NCCN2CCOCC2)nnn1-c1cccc([N+](=O)[O-])c1. The molecule has 0 radical (unpaired) electrons. The van der Waals surface area contributed by atoms with Crippen molar-refractivity contribution in [2.24, 2.45) is 0 Å². The van der Waals surface area contributed by atoms with Gasteiger partial charge in [0.1, 0.15) is 0 Å². The van der Waals surface area contributed by atoms with Gasteiger partial charge in [0.2, 0.25) is 0 Å². The molecule has 0 aliphatic carbocycles. The summed E-state index contributed by atoms with van der Waals surface area (Å²) >= 11 is 0. The molecule has 0 spiro atoms. The number of morpholine rings is 1. The van der Waals surface area contributed by atoms with Crippen LogP contribution in [0, 0.1) is 17.0 Å². The largest absolute Gasteiger partial charge is 0.379 e. The van der Waals surface area contributed by atoms with Gasteiger partial charge < -0.3 is 10.1 Å². The fourth-order valence-electron chi connectivity index (χ4n) is 2.76. The van der Waals surface area contributed by atoms with Crippen molar-refractivity contribution in [3.05, 3.63) is 45.8 Å². The molecule has 1 aliphatic rings. The third-order valence-corrected chi connectivity index (χ3v) is 4.21. The van der Waals surface area contributed by atoms with Crippen LogP contribution in [-0.4, -0.2) is 70.1 Å². The number of ether oxygens (including phenoxy) is 1. The van der Waals surface area contributed by atoms with Gasteiger partial charge in [-0.2, -0.15) is 0 Å². The van der Waals surface area contributed by atoms with E-state index in [-0.39, 0.29) is 17.3 Å². The minimum Gasteiger partial charge on any atom is -0.379 e. The van der Waals surface area contributed by atoms with Crippen LogP contribution >= 0.6 is 0 Å². The van der Waals surface area contributed by atoms with E-state index in [9.17, 15) is 14.9 Å². The van der Waals surface area contributed by atoms with Gasteiger partial charge in [0.05, 0.1) is 29.5 Å². The van der Waals surface area contributed by atoms with Crippen molar-refractivity contribution >= 4 is 11.6 Å². The minimum absolute atomic E-state index is 0.0473. The van der Waals surface area contributed by atoms with Crippen LogP contribution < -0.4 is 5.32 Å². The van der Waals surface area contributed by atoms with E-state index in [1.54, 1.807) is 19.1 Å². The van der Waals surface area contributed by atoms with E-state index >= 15 is 0 Å². The molecule has 138 valence electrons. The second-order valence-corrected chi connectivity index (χ2v) is 5.92. The third kappa shape index (κ3) is 4.03. The number of rotatable bonds is 6. The predicted octanol–water partition coefficient (Wildman–Crippen LogP) is 0.546.